The van der Waals surface area contributed by atoms with Gasteiger partial charge in [0.2, 0.25) is 6.20 Å². The van der Waals surface area contributed by atoms with E-state index in [-0.39, 0.29) is 0 Å². The molecule has 0 bridgehead atoms. The van der Waals surface area contributed by atoms with Crippen LogP contribution in [0.15, 0.2) is 22.8 Å². The minimum atomic E-state index is 1.12. The molecular formula is C9H10BrN2+. The van der Waals surface area contributed by atoms with Crippen LogP contribution in [0.1, 0.15) is 5.56 Å². The second kappa shape index (κ2) is 2.59. The molecule has 1 aromatic carbocycles. The fourth-order valence-corrected chi connectivity index (χ4v) is 2.01. The fraction of sp³-hybridized carbons (Fsp3) is 0.222. The highest BCUT2D eigenvalue weighted by Gasteiger charge is 2.06. The number of nitrogens with one attached hydrogen (secondary N) is 1. The second-order valence-electron chi connectivity index (χ2n) is 3.04. The molecule has 0 aliphatic carbocycles. The number of hydrogen-bond donors (Lipinski definition) is 1. The van der Waals surface area contributed by atoms with Crippen molar-refractivity contribution >= 4 is 26.8 Å². The highest BCUT2D eigenvalue weighted by molar-refractivity contribution is 9.10. The molecule has 0 saturated carbocycles. The summed E-state index contributed by atoms with van der Waals surface area (Å²) in [6.07, 6.45) is 2.09. The third kappa shape index (κ3) is 1.14. The Bertz CT molecular complexity index is 431. The number of aromatic nitrogens is 2. The van der Waals surface area contributed by atoms with Crippen molar-refractivity contribution in [2.24, 2.45) is 7.05 Å². The van der Waals surface area contributed by atoms with Crippen molar-refractivity contribution in [1.29, 1.82) is 0 Å². The first-order valence-electron chi connectivity index (χ1n) is 3.81. The minimum absolute atomic E-state index is 1.12. The van der Waals surface area contributed by atoms with Gasteiger partial charge >= 0.3 is 0 Å². The van der Waals surface area contributed by atoms with Gasteiger partial charge in [0.25, 0.3) is 0 Å². The van der Waals surface area contributed by atoms with Crippen LogP contribution in [0.5, 0.6) is 0 Å². The molecule has 2 aromatic rings. The van der Waals surface area contributed by atoms with Crippen LogP contribution in [0.2, 0.25) is 0 Å². The molecule has 3 heteroatoms. The summed E-state index contributed by atoms with van der Waals surface area (Å²) in [6.45, 7) is 2.11. The normalized spacial score (nSPS) is 10.9. The first-order valence-corrected chi connectivity index (χ1v) is 4.60. The maximum atomic E-state index is 3.46. The van der Waals surface area contributed by atoms with Crippen LogP contribution in [-0.2, 0) is 7.05 Å². The topological polar surface area (TPSA) is 19.7 Å². The van der Waals surface area contributed by atoms with E-state index in [0.29, 0.717) is 0 Å². The first kappa shape index (κ1) is 7.80. The van der Waals surface area contributed by atoms with Crippen LogP contribution in [-0.4, -0.2) is 5.10 Å². The summed E-state index contributed by atoms with van der Waals surface area (Å²) in [5, 5.41) is 4.51. The molecule has 0 atom stereocenters. The van der Waals surface area contributed by atoms with Crippen molar-refractivity contribution in [3.05, 3.63) is 28.4 Å². The van der Waals surface area contributed by atoms with Gasteiger partial charge in [0.15, 0.2) is 7.05 Å². The molecule has 1 N–H and O–H groups in total. The van der Waals surface area contributed by atoms with E-state index in [1.807, 2.05) is 11.7 Å². The van der Waals surface area contributed by atoms with Gasteiger partial charge in [-0.25, -0.2) is 0 Å². The summed E-state index contributed by atoms with van der Waals surface area (Å²) in [6, 6.07) is 4.21. The van der Waals surface area contributed by atoms with Gasteiger partial charge in [-0.15, -0.1) is 4.68 Å². The van der Waals surface area contributed by atoms with Gasteiger partial charge in [0, 0.05) is 4.47 Å². The first-order chi connectivity index (χ1) is 5.66. The highest BCUT2D eigenvalue weighted by Crippen LogP contribution is 2.20. The molecule has 62 valence electrons. The lowest BCUT2D eigenvalue weighted by Crippen LogP contribution is -2.27. The number of halogens is 1. The number of hydrogen-bond acceptors (Lipinski definition) is 0. The van der Waals surface area contributed by atoms with Gasteiger partial charge in [-0.3, -0.25) is 0 Å². The maximum absolute atomic E-state index is 3.46. The molecule has 1 heterocycles. The van der Waals surface area contributed by atoms with E-state index >= 15 is 0 Å². The smallest absolute Gasteiger partial charge is 0.165 e. The minimum Gasteiger partial charge on any atom is -0.165 e. The van der Waals surface area contributed by atoms with Gasteiger partial charge in [-0.2, -0.15) is 5.10 Å². The number of benzene rings is 1. The summed E-state index contributed by atoms with van der Waals surface area (Å²) in [7, 11) is 1.99. The molecule has 0 saturated heterocycles. The Morgan fingerprint density at radius 3 is 2.92 bits per heavy atom. The SMILES string of the molecule is Cc1cc(Br)cc2[nH][n+](C)cc12. The lowest BCUT2D eigenvalue weighted by molar-refractivity contribution is -0.724. The van der Waals surface area contributed by atoms with Crippen molar-refractivity contribution < 1.29 is 4.68 Å². The predicted octanol–water partition coefficient (Wildman–Crippen LogP) is 2.06. The molecule has 0 unspecified atom stereocenters. The lowest BCUT2D eigenvalue weighted by atomic mass is 10.1. The van der Waals surface area contributed by atoms with Crippen molar-refractivity contribution in [3.8, 4) is 0 Å². The summed E-state index contributed by atoms with van der Waals surface area (Å²) < 4.78 is 3.08. The van der Waals surface area contributed by atoms with Crippen LogP contribution in [0.3, 0.4) is 0 Å². The van der Waals surface area contributed by atoms with E-state index in [9.17, 15) is 0 Å². The number of aromatic amines is 1. The van der Waals surface area contributed by atoms with Gasteiger partial charge in [0.1, 0.15) is 5.52 Å². The van der Waals surface area contributed by atoms with Crippen LogP contribution in [0, 0.1) is 6.92 Å². The summed E-state index contributed by atoms with van der Waals surface area (Å²) >= 11 is 3.46. The third-order valence-electron chi connectivity index (χ3n) is 1.97. The number of rotatable bonds is 0. The van der Waals surface area contributed by atoms with Gasteiger partial charge < -0.3 is 0 Å². The monoisotopic (exact) mass is 225 g/mol. The number of fused-ring (bicyclic) bond motifs is 1. The molecule has 2 rings (SSSR count). The van der Waals surface area contributed by atoms with Crippen LogP contribution in [0.25, 0.3) is 10.9 Å². The average Bonchev–Trinajstić information content (AvgIpc) is 2.29. The van der Waals surface area contributed by atoms with Crippen LogP contribution in [0.4, 0.5) is 0 Å². The third-order valence-corrected chi connectivity index (χ3v) is 2.43. The Morgan fingerprint density at radius 2 is 2.17 bits per heavy atom. The van der Waals surface area contributed by atoms with Crippen molar-refractivity contribution in [1.82, 2.24) is 5.10 Å². The molecule has 0 aliphatic heterocycles. The maximum Gasteiger partial charge on any atom is 0.203 e. The Morgan fingerprint density at radius 1 is 1.42 bits per heavy atom. The van der Waals surface area contributed by atoms with E-state index in [1.54, 1.807) is 0 Å². The zero-order chi connectivity index (χ0) is 8.72. The Labute approximate surface area is 79.3 Å². The molecular weight excluding hydrogens is 216 g/mol. The molecule has 0 amide bonds. The van der Waals surface area contributed by atoms with Crippen molar-refractivity contribution in [2.45, 2.75) is 6.92 Å². The lowest BCUT2D eigenvalue weighted by Gasteiger charge is -1.93. The molecule has 0 aliphatic rings. The van der Waals surface area contributed by atoms with Crippen molar-refractivity contribution in [3.63, 3.8) is 0 Å². The highest BCUT2D eigenvalue weighted by atomic mass is 79.9. The quantitative estimate of drug-likeness (QED) is 0.663. The molecule has 0 spiro atoms. The van der Waals surface area contributed by atoms with E-state index in [0.717, 1.165) is 4.47 Å². The number of H-pyrrole nitrogens is 1. The average molecular weight is 226 g/mol. The van der Waals surface area contributed by atoms with E-state index in [4.69, 9.17) is 0 Å². The fourth-order valence-electron chi connectivity index (χ4n) is 1.43. The van der Waals surface area contributed by atoms with Crippen molar-refractivity contribution in [2.75, 3.05) is 0 Å². The molecule has 2 nitrogen and oxygen atoms in total. The zero-order valence-electron chi connectivity index (χ0n) is 7.06. The predicted molar refractivity (Wildman–Crippen MR) is 51.9 cm³/mol. The standard InChI is InChI=1S/C9H9BrN2/c1-6-3-7(10)4-9-8(6)5-12(2)11-9/h3-5H,1-2H3/p+1. The van der Waals surface area contributed by atoms with Crippen LogP contribution < -0.4 is 4.68 Å². The van der Waals surface area contributed by atoms with Gasteiger partial charge in [-0.05, 0) is 24.6 Å². The van der Waals surface area contributed by atoms with E-state index in [1.165, 1.54) is 16.5 Å². The second-order valence-corrected chi connectivity index (χ2v) is 3.95. The van der Waals surface area contributed by atoms with Crippen LogP contribution >= 0.6 is 15.9 Å². The van der Waals surface area contributed by atoms with Gasteiger partial charge in [0.05, 0.1) is 5.39 Å². The van der Waals surface area contributed by atoms with Gasteiger partial charge in [-0.1, -0.05) is 15.9 Å². The molecule has 12 heavy (non-hydrogen) atoms. The molecule has 0 radical (unpaired) electrons. The summed E-state index contributed by atoms with van der Waals surface area (Å²) in [5.74, 6) is 0. The molecule has 0 fully saturated rings. The van der Waals surface area contributed by atoms with E-state index in [2.05, 4.69) is 46.3 Å². The summed E-state index contributed by atoms with van der Waals surface area (Å²) in [5.41, 5.74) is 2.46. The largest absolute Gasteiger partial charge is 0.203 e. The Kier molecular flexibility index (Phi) is 1.68. The van der Waals surface area contributed by atoms with E-state index < -0.39 is 0 Å². The Hall–Kier alpha value is -0.830. The number of nitrogens with zero attached hydrogens (tertiary/aromatic N) is 1. The summed E-state index contributed by atoms with van der Waals surface area (Å²) in [4.78, 5) is 0. The Balaban J connectivity index is 2.88. The zero-order valence-corrected chi connectivity index (χ0v) is 8.64. The molecule has 1 aromatic heterocycles. The number of aryl methyl sites for hydroxylation is 2.